The maximum absolute atomic E-state index is 9.02. The monoisotopic (exact) mass is 479 g/mol. The second kappa shape index (κ2) is 9.98. The Morgan fingerprint density at radius 1 is 1.22 bits per heavy atom. The van der Waals surface area contributed by atoms with Crippen LogP contribution in [0.4, 0.5) is 5.82 Å². The van der Waals surface area contributed by atoms with E-state index in [0.717, 1.165) is 57.1 Å². The highest BCUT2D eigenvalue weighted by molar-refractivity contribution is 6.03. The highest BCUT2D eigenvalue weighted by Gasteiger charge is 2.44. The summed E-state index contributed by atoms with van der Waals surface area (Å²) in [4.78, 5) is 9.43. The van der Waals surface area contributed by atoms with Crippen LogP contribution >= 0.6 is 0 Å². The number of nitrogen functional groups attached to an aromatic ring is 1. The summed E-state index contributed by atoms with van der Waals surface area (Å²) in [6.45, 7) is 5.98. The summed E-state index contributed by atoms with van der Waals surface area (Å²) in [6, 6.07) is 8.66. The van der Waals surface area contributed by atoms with E-state index in [1.807, 2.05) is 6.08 Å². The van der Waals surface area contributed by atoms with Gasteiger partial charge in [-0.05, 0) is 79.6 Å². The summed E-state index contributed by atoms with van der Waals surface area (Å²) >= 11 is 0. The van der Waals surface area contributed by atoms with Crippen LogP contribution < -0.4 is 11.5 Å². The van der Waals surface area contributed by atoms with Crippen LogP contribution in [0.3, 0.4) is 0 Å². The van der Waals surface area contributed by atoms with E-state index in [-0.39, 0.29) is 17.4 Å². The third-order valence-electron chi connectivity index (χ3n) is 8.55. The summed E-state index contributed by atoms with van der Waals surface area (Å²) in [7, 11) is 0. The van der Waals surface area contributed by atoms with Gasteiger partial charge in [0.05, 0.1) is 17.6 Å². The number of hydrogen-bond acceptors (Lipinski definition) is 5. The molecule has 5 rings (SSSR count). The Morgan fingerprint density at radius 2 is 2.06 bits per heavy atom. The molecule has 2 aromatic rings. The molecule has 5 heteroatoms. The first-order valence-electron chi connectivity index (χ1n) is 13.2. The number of rotatable bonds is 5. The number of nitrogens with zero attached hydrogens (tertiary/aromatic N) is 2. The summed E-state index contributed by atoms with van der Waals surface area (Å²) in [5, 5.41) is 9.02. The van der Waals surface area contributed by atoms with Gasteiger partial charge in [0.25, 0.3) is 0 Å². The molecule has 3 aliphatic carbocycles. The number of nitrogens with two attached hydrogens (primary N) is 2. The molecule has 5 nitrogen and oxygen atoms in total. The first kappa shape index (κ1) is 24.4. The molecule has 0 saturated carbocycles. The SMILES string of the molecule is C=C/C=C\C1=C(C)CCCCC1C(=N)c1ncc(C2=CC[C@@]3(CC2)Cc2ccccc2[C@H]3N)nc1N. The highest BCUT2D eigenvalue weighted by Crippen LogP contribution is 2.53. The Kier molecular flexibility index (Phi) is 6.76. The predicted molar refractivity (Wildman–Crippen MR) is 149 cm³/mol. The van der Waals surface area contributed by atoms with Gasteiger partial charge in [0, 0.05) is 12.0 Å². The van der Waals surface area contributed by atoms with Crippen molar-refractivity contribution in [2.24, 2.45) is 17.1 Å². The lowest BCUT2D eigenvalue weighted by Crippen LogP contribution is -2.33. The van der Waals surface area contributed by atoms with Crippen molar-refractivity contribution in [3.8, 4) is 0 Å². The van der Waals surface area contributed by atoms with E-state index in [1.165, 1.54) is 27.8 Å². The van der Waals surface area contributed by atoms with Crippen molar-refractivity contribution in [2.75, 3.05) is 5.73 Å². The largest absolute Gasteiger partial charge is 0.382 e. The summed E-state index contributed by atoms with van der Waals surface area (Å²) in [5.41, 5.74) is 21.4. The minimum atomic E-state index is -0.0228. The summed E-state index contributed by atoms with van der Waals surface area (Å²) < 4.78 is 0. The van der Waals surface area contributed by atoms with Gasteiger partial charge >= 0.3 is 0 Å². The minimum absolute atomic E-state index is 0.0228. The van der Waals surface area contributed by atoms with E-state index >= 15 is 0 Å². The lowest BCUT2D eigenvalue weighted by Gasteiger charge is -2.36. The smallest absolute Gasteiger partial charge is 0.152 e. The van der Waals surface area contributed by atoms with Gasteiger partial charge in [-0.2, -0.15) is 0 Å². The zero-order chi connectivity index (χ0) is 25.3. The summed E-state index contributed by atoms with van der Waals surface area (Å²) in [6.07, 6.45) is 18.1. The van der Waals surface area contributed by atoms with Crippen LogP contribution in [0.1, 0.15) is 80.4 Å². The molecule has 0 amide bonds. The van der Waals surface area contributed by atoms with Gasteiger partial charge in [-0.15, -0.1) is 0 Å². The molecule has 36 heavy (non-hydrogen) atoms. The van der Waals surface area contributed by atoms with Gasteiger partial charge in [0.1, 0.15) is 5.69 Å². The van der Waals surface area contributed by atoms with Crippen LogP contribution in [0.15, 0.2) is 72.5 Å². The second-order valence-electron chi connectivity index (χ2n) is 10.7. The van der Waals surface area contributed by atoms with Gasteiger partial charge in [0.15, 0.2) is 5.82 Å². The maximum Gasteiger partial charge on any atom is 0.152 e. The fraction of sp³-hybridized carbons (Fsp3) is 0.387. The van der Waals surface area contributed by atoms with Crippen molar-refractivity contribution in [3.05, 3.63) is 95.0 Å². The Morgan fingerprint density at radius 3 is 2.78 bits per heavy atom. The van der Waals surface area contributed by atoms with Crippen LogP contribution in [0.25, 0.3) is 5.57 Å². The molecule has 1 spiro atoms. The number of aromatic nitrogens is 2. The number of anilines is 1. The van der Waals surface area contributed by atoms with E-state index in [4.69, 9.17) is 26.8 Å². The van der Waals surface area contributed by atoms with Gasteiger partial charge in [-0.25, -0.2) is 9.97 Å². The molecule has 0 fully saturated rings. The lowest BCUT2D eigenvalue weighted by atomic mass is 9.70. The van der Waals surface area contributed by atoms with Gasteiger partial charge in [-0.3, -0.25) is 0 Å². The molecule has 186 valence electrons. The van der Waals surface area contributed by atoms with Crippen molar-refractivity contribution in [1.29, 1.82) is 5.41 Å². The van der Waals surface area contributed by atoms with Crippen molar-refractivity contribution >= 4 is 17.1 Å². The Hall–Kier alpha value is -3.31. The first-order chi connectivity index (χ1) is 17.4. The molecule has 1 heterocycles. The zero-order valence-electron chi connectivity index (χ0n) is 21.3. The fourth-order valence-corrected chi connectivity index (χ4v) is 6.40. The molecule has 0 radical (unpaired) electrons. The van der Waals surface area contributed by atoms with E-state index in [2.05, 4.69) is 49.9 Å². The van der Waals surface area contributed by atoms with E-state index in [9.17, 15) is 0 Å². The van der Waals surface area contributed by atoms with Crippen molar-refractivity contribution in [3.63, 3.8) is 0 Å². The fourth-order valence-electron chi connectivity index (χ4n) is 6.40. The van der Waals surface area contributed by atoms with Crippen molar-refractivity contribution < 1.29 is 0 Å². The number of fused-ring (bicyclic) bond motifs is 1. The second-order valence-corrected chi connectivity index (χ2v) is 10.7. The molecule has 0 bridgehead atoms. The van der Waals surface area contributed by atoms with Crippen LogP contribution in [0, 0.1) is 16.7 Å². The van der Waals surface area contributed by atoms with Crippen molar-refractivity contribution in [1.82, 2.24) is 9.97 Å². The number of nitrogens with one attached hydrogen (secondary N) is 1. The Bertz CT molecular complexity index is 1280. The number of allylic oxidation sites excluding steroid dienone is 7. The Balaban J connectivity index is 1.36. The van der Waals surface area contributed by atoms with Gasteiger partial charge < -0.3 is 16.9 Å². The van der Waals surface area contributed by atoms with E-state index in [0.29, 0.717) is 17.2 Å². The Labute approximate surface area is 214 Å². The molecular weight excluding hydrogens is 442 g/mol. The topological polar surface area (TPSA) is 102 Å². The van der Waals surface area contributed by atoms with Crippen LogP contribution in [0.2, 0.25) is 0 Å². The van der Waals surface area contributed by atoms with Gasteiger partial charge in [0.2, 0.25) is 0 Å². The minimum Gasteiger partial charge on any atom is -0.382 e. The normalized spacial score (nSPS) is 26.1. The van der Waals surface area contributed by atoms with Crippen LogP contribution in [-0.4, -0.2) is 15.7 Å². The highest BCUT2D eigenvalue weighted by atomic mass is 14.9. The molecule has 0 aliphatic heterocycles. The van der Waals surface area contributed by atoms with Crippen LogP contribution in [-0.2, 0) is 6.42 Å². The molecule has 3 atom stereocenters. The average molecular weight is 480 g/mol. The van der Waals surface area contributed by atoms with E-state index in [1.54, 1.807) is 12.3 Å². The van der Waals surface area contributed by atoms with Crippen molar-refractivity contribution in [2.45, 2.75) is 64.3 Å². The van der Waals surface area contributed by atoms with E-state index < -0.39 is 0 Å². The standard InChI is InChI=1S/C31H37N5/c1-3-4-11-23-20(2)9-5-7-13-25(23)27(32)28-30(34)36-26(19-35-28)21-14-16-31(17-15-21)18-22-10-6-8-12-24(22)29(31)33/h3-4,6,8,10-12,14,19,25,29,32H,1,5,7,9,13,15-18,33H2,2H3,(H2,34,36)/b11-4-,32-27?/t25?,29-,31-/m1/s1. The van der Waals surface area contributed by atoms with Crippen LogP contribution in [0.5, 0.6) is 0 Å². The third kappa shape index (κ3) is 4.37. The number of hydrogen-bond donors (Lipinski definition) is 3. The molecule has 1 aromatic heterocycles. The molecule has 1 unspecified atom stereocenters. The molecule has 3 aliphatic rings. The molecular formula is C31H37N5. The first-order valence-corrected chi connectivity index (χ1v) is 13.2. The third-order valence-corrected chi connectivity index (χ3v) is 8.55. The number of benzene rings is 1. The molecule has 0 saturated heterocycles. The lowest BCUT2D eigenvalue weighted by molar-refractivity contribution is 0.224. The predicted octanol–water partition coefficient (Wildman–Crippen LogP) is 6.49. The summed E-state index contributed by atoms with van der Waals surface area (Å²) in [5.74, 6) is 0.322. The molecule has 1 aromatic carbocycles. The zero-order valence-corrected chi connectivity index (χ0v) is 21.3. The quantitative estimate of drug-likeness (QED) is 0.337. The maximum atomic E-state index is 9.02. The van der Waals surface area contributed by atoms with Gasteiger partial charge in [-0.1, -0.05) is 67.1 Å². The molecule has 5 N–H and O–H groups in total. The average Bonchev–Trinajstić information content (AvgIpc) is 3.02.